The zero-order chi connectivity index (χ0) is 60.2. The summed E-state index contributed by atoms with van der Waals surface area (Å²) in [6.45, 7) is 3.86. The number of ether oxygens (including phenoxy) is 3. The summed E-state index contributed by atoms with van der Waals surface area (Å²) in [5.74, 6) is -2.43. The summed E-state index contributed by atoms with van der Waals surface area (Å²) in [4.78, 5) is 148. The molecule has 0 aromatic carbocycles. The second-order valence-corrected chi connectivity index (χ2v) is 20.1. The molecule has 7 amide bonds. The smallest absolute Gasteiger partial charge is 0.332 e. The number of unbranched alkanes of at least 4 members (excludes halogenated alkanes) is 18. The lowest BCUT2D eigenvalue weighted by Gasteiger charge is -2.18. The molecule has 0 rings (SSSR count). The van der Waals surface area contributed by atoms with Crippen LogP contribution in [0.1, 0.15) is 225 Å². The third-order valence-corrected chi connectivity index (χ3v) is 12.7. The van der Waals surface area contributed by atoms with Gasteiger partial charge >= 0.3 is 11.9 Å². The Kier molecular flexibility index (Phi) is 54.1. The van der Waals surface area contributed by atoms with Gasteiger partial charge in [0.15, 0.2) is 0 Å². The monoisotopic (exact) mass is 1170 g/mol. The van der Waals surface area contributed by atoms with Crippen LogP contribution in [0.25, 0.3) is 0 Å². The summed E-state index contributed by atoms with van der Waals surface area (Å²) >= 11 is 0. The Hall–Kier alpha value is -5.88. The van der Waals surface area contributed by atoms with Crippen molar-refractivity contribution in [2.75, 3.05) is 65.8 Å². The quantitative estimate of drug-likeness (QED) is 0.0228. The van der Waals surface area contributed by atoms with Crippen LogP contribution in [0.3, 0.4) is 0 Å². The number of hydrogen-bond acceptors (Lipinski definition) is 17. The number of carbonyl (C=O) groups is 12. The van der Waals surface area contributed by atoms with Crippen molar-refractivity contribution in [3.8, 4) is 0 Å². The normalized spacial score (nSPS) is 11.1. The lowest BCUT2D eigenvalue weighted by atomic mass is 10.1. The molecule has 0 bridgehead atoms. The molecule has 0 saturated heterocycles. The van der Waals surface area contributed by atoms with Crippen LogP contribution in [-0.2, 0) is 81.4 Å². The van der Waals surface area contributed by atoms with E-state index in [9.17, 15) is 57.5 Å². The van der Waals surface area contributed by atoms with Crippen molar-refractivity contribution in [2.45, 2.75) is 231 Å². The number of amides is 7. The number of hydrogen-bond donors (Lipinski definition) is 7. The number of nitrogens with one attached hydrogen (secondary N) is 7. The first-order chi connectivity index (χ1) is 39.9. The molecule has 0 aromatic rings. The van der Waals surface area contributed by atoms with E-state index in [0.29, 0.717) is 90.4 Å². The Bertz CT molecular complexity index is 1760. The van der Waals surface area contributed by atoms with E-state index in [-0.39, 0.29) is 114 Å². The molecular formula is C58H101N7O17. The van der Waals surface area contributed by atoms with E-state index < -0.39 is 29.9 Å². The molecule has 82 heavy (non-hydrogen) atoms. The van der Waals surface area contributed by atoms with Crippen LogP contribution in [0.4, 0.5) is 0 Å². The number of aldehydes is 3. The number of rotatable bonds is 58. The van der Waals surface area contributed by atoms with E-state index in [4.69, 9.17) is 14.2 Å². The fourth-order valence-electron chi connectivity index (χ4n) is 7.87. The van der Waals surface area contributed by atoms with E-state index in [1.165, 1.54) is 0 Å². The maximum Gasteiger partial charge on any atom is 0.332 e. The van der Waals surface area contributed by atoms with Crippen molar-refractivity contribution in [3.63, 3.8) is 0 Å². The zero-order valence-electron chi connectivity index (χ0n) is 49.1. The van der Waals surface area contributed by atoms with Gasteiger partial charge in [-0.05, 0) is 70.6 Å². The summed E-state index contributed by atoms with van der Waals surface area (Å²) in [6, 6.07) is 0. The highest BCUT2D eigenvalue weighted by Crippen LogP contribution is 2.10. The lowest BCUT2D eigenvalue weighted by molar-refractivity contribution is -0.158. The Morgan fingerprint density at radius 3 is 1.04 bits per heavy atom. The van der Waals surface area contributed by atoms with Crippen molar-refractivity contribution >= 4 is 72.1 Å². The Morgan fingerprint density at radius 1 is 0.305 bits per heavy atom. The third kappa shape index (κ3) is 56.0. The first-order valence-electron chi connectivity index (χ1n) is 30.3. The SMILES string of the molecule is O=CCCCCCCNC(=O)CCOC(CCOCCC(=O)NCCCCCCC(=O)NCCCCCCCC(=O)ONC(=O)CCC=O)COCCC(=O)NCCCCCCC(=O)NCCCCCCCC(=O)ONC(=O)CCC=O. The predicted octanol–water partition coefficient (Wildman–Crippen LogP) is 5.38. The summed E-state index contributed by atoms with van der Waals surface area (Å²) in [7, 11) is 0. The number of carbonyl (C=O) groups excluding carboxylic acids is 12. The first-order valence-corrected chi connectivity index (χ1v) is 30.3. The van der Waals surface area contributed by atoms with Crippen LogP contribution in [0.5, 0.6) is 0 Å². The molecular weight excluding hydrogens is 1070 g/mol. The van der Waals surface area contributed by atoms with E-state index in [2.05, 4.69) is 36.3 Å². The van der Waals surface area contributed by atoms with Gasteiger partial charge in [0.2, 0.25) is 29.5 Å². The van der Waals surface area contributed by atoms with Gasteiger partial charge < -0.3 is 64.9 Å². The molecule has 0 spiro atoms. The second kappa shape index (κ2) is 58.3. The minimum Gasteiger partial charge on any atom is -0.381 e. The van der Waals surface area contributed by atoms with Crippen LogP contribution in [0.2, 0.25) is 0 Å². The highest BCUT2D eigenvalue weighted by Gasteiger charge is 2.14. The van der Waals surface area contributed by atoms with Gasteiger partial charge in [-0.1, -0.05) is 77.0 Å². The van der Waals surface area contributed by atoms with Crippen LogP contribution in [0.15, 0.2) is 0 Å². The molecule has 7 N–H and O–H groups in total. The molecule has 1 atom stereocenters. The van der Waals surface area contributed by atoms with E-state index in [1.54, 1.807) is 0 Å². The Morgan fingerprint density at radius 2 is 0.634 bits per heavy atom. The Balaban J connectivity index is 4.20. The highest BCUT2D eigenvalue weighted by molar-refractivity contribution is 5.80. The van der Waals surface area contributed by atoms with E-state index >= 15 is 0 Å². The molecule has 0 aromatic heterocycles. The number of hydroxylamine groups is 2. The van der Waals surface area contributed by atoms with Crippen molar-refractivity contribution in [1.29, 1.82) is 0 Å². The Labute approximate surface area is 486 Å². The summed E-state index contributed by atoms with van der Waals surface area (Å²) in [5, 5.41) is 14.6. The zero-order valence-corrected chi connectivity index (χ0v) is 49.1. The van der Waals surface area contributed by atoms with Crippen LogP contribution >= 0.6 is 0 Å². The fourth-order valence-corrected chi connectivity index (χ4v) is 7.87. The molecule has 0 aliphatic heterocycles. The van der Waals surface area contributed by atoms with E-state index in [0.717, 1.165) is 135 Å². The average molecular weight is 1170 g/mol. The summed E-state index contributed by atoms with van der Waals surface area (Å²) in [5.41, 5.74) is 4.06. The average Bonchev–Trinajstić information content (AvgIpc) is 3.46. The molecule has 0 aliphatic rings. The minimum absolute atomic E-state index is 0.0111. The minimum atomic E-state index is -0.523. The fraction of sp³-hybridized carbons (Fsp3) is 0.793. The van der Waals surface area contributed by atoms with Gasteiger partial charge in [-0.15, -0.1) is 0 Å². The second-order valence-electron chi connectivity index (χ2n) is 20.1. The van der Waals surface area contributed by atoms with Gasteiger partial charge in [-0.3, -0.25) is 33.6 Å². The molecule has 0 saturated carbocycles. The summed E-state index contributed by atoms with van der Waals surface area (Å²) < 4.78 is 17.6. The van der Waals surface area contributed by atoms with Crippen LogP contribution in [0, 0.1) is 0 Å². The van der Waals surface area contributed by atoms with Crippen molar-refractivity contribution in [1.82, 2.24) is 37.5 Å². The molecule has 24 heteroatoms. The maximum absolute atomic E-state index is 12.5. The predicted molar refractivity (Wildman–Crippen MR) is 305 cm³/mol. The van der Waals surface area contributed by atoms with E-state index in [1.807, 2.05) is 11.0 Å². The van der Waals surface area contributed by atoms with Gasteiger partial charge in [-0.2, -0.15) is 11.0 Å². The molecule has 0 fully saturated rings. The van der Waals surface area contributed by atoms with Gasteiger partial charge in [0.25, 0.3) is 11.8 Å². The summed E-state index contributed by atoms with van der Waals surface area (Å²) in [6.07, 6.45) is 23.0. The molecule has 24 nitrogen and oxygen atoms in total. The molecule has 0 aliphatic carbocycles. The highest BCUT2D eigenvalue weighted by atomic mass is 16.7. The van der Waals surface area contributed by atoms with Gasteiger partial charge in [0, 0.05) is 116 Å². The molecule has 0 radical (unpaired) electrons. The molecule has 1 unspecified atom stereocenters. The van der Waals surface area contributed by atoms with Gasteiger partial charge in [-0.25, -0.2) is 9.59 Å². The molecule has 0 heterocycles. The standard InChI is InChI=1S/C58H101N7O17/c66-41-23-13-3-10-20-38-63-54(73)35-47-80-49(48-79-46-34-53(72)62-40-22-12-7-15-27-51(70)60-37-19-9-2-5-17-31-58(77)82-65-56(75)29-25-43-68)32-44-78-45-33-52(71)61-39-21-11-6-14-26-50(69)59-36-18-8-1-4-16-30-57(76)81-64-55(74)28-24-42-67/h41-43,49H,1-40,44-48H2,(H,59,69)(H,60,70)(H,61,71)(H,62,72)(H,63,73)(H,64,74)(H,65,75). The van der Waals surface area contributed by atoms with Gasteiger partial charge in [0.05, 0.1) is 32.5 Å². The molecule has 470 valence electrons. The lowest BCUT2D eigenvalue weighted by Crippen LogP contribution is -2.29. The topological polar surface area (TPSA) is 335 Å². The first kappa shape index (κ1) is 76.1. The van der Waals surface area contributed by atoms with Crippen molar-refractivity contribution < 1.29 is 81.4 Å². The largest absolute Gasteiger partial charge is 0.381 e. The van der Waals surface area contributed by atoms with Crippen molar-refractivity contribution in [3.05, 3.63) is 0 Å². The van der Waals surface area contributed by atoms with Gasteiger partial charge in [0.1, 0.15) is 18.9 Å². The van der Waals surface area contributed by atoms with Crippen molar-refractivity contribution in [2.24, 2.45) is 0 Å². The maximum atomic E-state index is 12.5. The van der Waals surface area contributed by atoms with Crippen LogP contribution < -0.4 is 37.5 Å². The van der Waals surface area contributed by atoms with Crippen LogP contribution in [-0.4, -0.2) is 144 Å². The third-order valence-electron chi connectivity index (χ3n) is 12.7.